The first kappa shape index (κ1) is 18.2. The lowest BCUT2D eigenvalue weighted by Gasteiger charge is -2.19. The third kappa shape index (κ3) is 3.74. The zero-order chi connectivity index (χ0) is 19.3. The lowest BCUT2D eigenvalue weighted by molar-refractivity contribution is 0.0748. The van der Waals surface area contributed by atoms with Gasteiger partial charge < -0.3 is 10.2 Å². The molecule has 0 atom stereocenters. The van der Waals surface area contributed by atoms with Crippen LogP contribution in [0.5, 0.6) is 0 Å². The number of imidazole rings is 1. The summed E-state index contributed by atoms with van der Waals surface area (Å²) in [4.78, 5) is 36.2. The number of carbonyl (C=O) groups excluding carboxylic acids is 2. The van der Waals surface area contributed by atoms with Crippen LogP contribution in [0, 0.1) is 0 Å². The first-order chi connectivity index (χ1) is 13.7. The van der Waals surface area contributed by atoms with Crippen LogP contribution in [0.25, 0.3) is 5.52 Å². The summed E-state index contributed by atoms with van der Waals surface area (Å²) < 4.78 is 1.71. The van der Waals surface area contributed by atoms with Crippen molar-refractivity contribution in [1.29, 1.82) is 0 Å². The Morgan fingerprint density at radius 3 is 2.61 bits per heavy atom. The Labute approximate surface area is 163 Å². The van der Waals surface area contributed by atoms with E-state index in [4.69, 9.17) is 0 Å². The van der Waals surface area contributed by atoms with Crippen LogP contribution in [0.15, 0.2) is 48.9 Å². The maximum absolute atomic E-state index is 13.1. The summed E-state index contributed by atoms with van der Waals surface area (Å²) >= 11 is 0. The summed E-state index contributed by atoms with van der Waals surface area (Å²) in [6.07, 6.45) is 9.49. The van der Waals surface area contributed by atoms with Crippen molar-refractivity contribution >= 4 is 17.3 Å². The van der Waals surface area contributed by atoms with Gasteiger partial charge in [-0.3, -0.25) is 19.0 Å². The second-order valence-corrected chi connectivity index (χ2v) is 6.99. The molecule has 0 aromatic carbocycles. The van der Waals surface area contributed by atoms with Gasteiger partial charge in [0.25, 0.3) is 11.8 Å². The summed E-state index contributed by atoms with van der Waals surface area (Å²) in [6.45, 7) is 1.83. The van der Waals surface area contributed by atoms with Gasteiger partial charge in [-0.1, -0.05) is 25.0 Å². The Morgan fingerprint density at radius 1 is 1.04 bits per heavy atom. The Kier molecular flexibility index (Phi) is 5.32. The minimum Gasteiger partial charge on any atom is -0.346 e. The van der Waals surface area contributed by atoms with Crippen LogP contribution in [0.4, 0.5) is 0 Å². The van der Waals surface area contributed by atoms with Crippen LogP contribution in [0.2, 0.25) is 0 Å². The molecule has 0 spiro atoms. The predicted octanol–water partition coefficient (Wildman–Crippen LogP) is 2.68. The Morgan fingerprint density at radius 2 is 1.86 bits per heavy atom. The van der Waals surface area contributed by atoms with Crippen LogP contribution in [0.3, 0.4) is 0 Å². The van der Waals surface area contributed by atoms with Crippen molar-refractivity contribution in [2.24, 2.45) is 0 Å². The highest BCUT2D eigenvalue weighted by atomic mass is 16.2. The maximum atomic E-state index is 13.1. The SMILES string of the molecule is O=C(NCc1cccnc1)c1nc(C(=O)N2CCCCCC2)n2ccccc12. The van der Waals surface area contributed by atoms with Gasteiger partial charge in [0.15, 0.2) is 5.69 Å². The van der Waals surface area contributed by atoms with E-state index in [2.05, 4.69) is 15.3 Å². The van der Waals surface area contributed by atoms with E-state index >= 15 is 0 Å². The second kappa shape index (κ2) is 8.21. The van der Waals surface area contributed by atoms with E-state index in [1.165, 1.54) is 0 Å². The van der Waals surface area contributed by atoms with Crippen molar-refractivity contribution in [3.05, 3.63) is 66.0 Å². The molecule has 7 nitrogen and oxygen atoms in total. The molecule has 4 rings (SSSR count). The Balaban J connectivity index is 1.60. The number of hydrogen-bond acceptors (Lipinski definition) is 4. The van der Waals surface area contributed by atoms with Gasteiger partial charge in [0.05, 0.1) is 5.52 Å². The molecule has 0 unspecified atom stereocenters. The number of rotatable bonds is 4. The van der Waals surface area contributed by atoms with Gasteiger partial charge in [0, 0.05) is 38.2 Å². The molecule has 0 aliphatic carbocycles. The van der Waals surface area contributed by atoms with E-state index in [0.717, 1.165) is 44.3 Å². The van der Waals surface area contributed by atoms with Crippen molar-refractivity contribution in [1.82, 2.24) is 24.6 Å². The summed E-state index contributed by atoms with van der Waals surface area (Å²) in [6, 6.07) is 9.21. The molecule has 0 radical (unpaired) electrons. The highest BCUT2D eigenvalue weighted by Crippen LogP contribution is 2.17. The molecular formula is C21H23N5O2. The number of carbonyl (C=O) groups is 2. The van der Waals surface area contributed by atoms with Crippen molar-refractivity contribution in [3.63, 3.8) is 0 Å². The fourth-order valence-electron chi connectivity index (χ4n) is 3.54. The fraction of sp³-hybridized carbons (Fsp3) is 0.333. The number of amides is 2. The number of nitrogens with one attached hydrogen (secondary N) is 1. The molecule has 1 fully saturated rings. The predicted molar refractivity (Wildman–Crippen MR) is 105 cm³/mol. The van der Waals surface area contributed by atoms with E-state index in [-0.39, 0.29) is 17.5 Å². The normalized spacial score (nSPS) is 14.6. The first-order valence-electron chi connectivity index (χ1n) is 9.67. The van der Waals surface area contributed by atoms with Crippen LogP contribution in [0.1, 0.15) is 52.4 Å². The van der Waals surface area contributed by atoms with E-state index < -0.39 is 0 Å². The number of aromatic nitrogens is 3. The van der Waals surface area contributed by atoms with Gasteiger partial charge in [-0.05, 0) is 36.6 Å². The van der Waals surface area contributed by atoms with Crippen LogP contribution in [-0.4, -0.2) is 44.2 Å². The second-order valence-electron chi connectivity index (χ2n) is 6.99. The monoisotopic (exact) mass is 377 g/mol. The molecule has 3 aromatic heterocycles. The summed E-state index contributed by atoms with van der Waals surface area (Å²) in [5.74, 6) is -0.124. The quantitative estimate of drug-likeness (QED) is 0.758. The molecular weight excluding hydrogens is 354 g/mol. The van der Waals surface area contributed by atoms with Gasteiger partial charge in [-0.25, -0.2) is 4.98 Å². The van der Waals surface area contributed by atoms with E-state index in [0.29, 0.717) is 17.9 Å². The highest BCUT2D eigenvalue weighted by Gasteiger charge is 2.25. The zero-order valence-electron chi connectivity index (χ0n) is 15.7. The first-order valence-corrected chi connectivity index (χ1v) is 9.67. The van der Waals surface area contributed by atoms with Gasteiger partial charge in [-0.2, -0.15) is 0 Å². The molecule has 1 N–H and O–H groups in total. The van der Waals surface area contributed by atoms with Crippen molar-refractivity contribution in [2.45, 2.75) is 32.2 Å². The third-order valence-corrected chi connectivity index (χ3v) is 5.02. The molecule has 1 aliphatic rings. The highest BCUT2D eigenvalue weighted by molar-refractivity contribution is 6.02. The summed E-state index contributed by atoms with van der Waals surface area (Å²) in [5, 5.41) is 2.87. The Hall–Kier alpha value is -3.22. The van der Waals surface area contributed by atoms with E-state index in [1.807, 2.05) is 35.2 Å². The minimum atomic E-state index is -0.303. The average Bonchev–Trinajstić information content (AvgIpc) is 2.92. The van der Waals surface area contributed by atoms with Crippen LogP contribution < -0.4 is 5.32 Å². The fourth-order valence-corrected chi connectivity index (χ4v) is 3.54. The van der Waals surface area contributed by atoms with Crippen LogP contribution in [-0.2, 0) is 6.54 Å². The third-order valence-electron chi connectivity index (χ3n) is 5.02. The average molecular weight is 377 g/mol. The molecule has 3 aromatic rings. The number of pyridine rings is 2. The molecule has 2 amide bonds. The summed E-state index contributed by atoms with van der Waals surface area (Å²) in [7, 11) is 0. The lowest BCUT2D eigenvalue weighted by atomic mass is 10.2. The molecule has 1 aliphatic heterocycles. The lowest BCUT2D eigenvalue weighted by Crippen LogP contribution is -2.33. The molecule has 0 bridgehead atoms. The molecule has 1 saturated heterocycles. The van der Waals surface area contributed by atoms with Crippen molar-refractivity contribution in [2.75, 3.05) is 13.1 Å². The molecule has 7 heteroatoms. The van der Waals surface area contributed by atoms with Gasteiger partial charge in [0.2, 0.25) is 5.82 Å². The maximum Gasteiger partial charge on any atom is 0.290 e. The van der Waals surface area contributed by atoms with Crippen molar-refractivity contribution < 1.29 is 9.59 Å². The Bertz CT molecular complexity index is 975. The number of likely N-dealkylation sites (tertiary alicyclic amines) is 1. The largest absolute Gasteiger partial charge is 0.346 e. The molecule has 0 saturated carbocycles. The number of nitrogens with zero attached hydrogens (tertiary/aromatic N) is 4. The molecule has 144 valence electrons. The summed E-state index contributed by atoms with van der Waals surface area (Å²) in [5.41, 5.74) is 1.80. The topological polar surface area (TPSA) is 79.6 Å². The molecule has 4 heterocycles. The van der Waals surface area contributed by atoms with E-state index in [9.17, 15) is 9.59 Å². The number of fused-ring (bicyclic) bond motifs is 1. The van der Waals surface area contributed by atoms with E-state index in [1.54, 1.807) is 23.0 Å². The van der Waals surface area contributed by atoms with Crippen molar-refractivity contribution in [3.8, 4) is 0 Å². The standard InChI is InChI=1S/C21H23N5O2/c27-20(23-15-16-8-7-10-22-14-16)18-17-9-3-6-13-26(17)19(24-18)21(28)25-11-4-1-2-5-12-25/h3,6-10,13-14H,1-2,4-5,11-12,15H2,(H,23,27). The number of hydrogen-bond donors (Lipinski definition) is 1. The molecule has 28 heavy (non-hydrogen) atoms. The minimum absolute atomic E-state index is 0.116. The zero-order valence-corrected chi connectivity index (χ0v) is 15.7. The van der Waals surface area contributed by atoms with Gasteiger partial charge in [0.1, 0.15) is 0 Å². The van der Waals surface area contributed by atoms with Crippen LogP contribution >= 0.6 is 0 Å². The van der Waals surface area contributed by atoms with Gasteiger partial charge in [-0.15, -0.1) is 0 Å². The van der Waals surface area contributed by atoms with Gasteiger partial charge >= 0.3 is 0 Å². The smallest absolute Gasteiger partial charge is 0.290 e.